The van der Waals surface area contributed by atoms with Gasteiger partial charge >= 0.3 is 12.1 Å². The standard InChI is InChI=1S/C28H34N4O6/c29-14-6-5-12-23(27(35)36)31-26(34)24-13-7-15-32(24)25(33)16-30-28(37)38-17-22-20-10-3-1-8-18(20)19-9-2-4-11-21(19)22/h1-4,8-11,22-24H,5-7,12-17,29H2,(H,30,37)(H,31,34)(H,35,36)/t23-,24-/m0/s1. The molecule has 0 radical (unpaired) electrons. The van der Waals surface area contributed by atoms with Gasteiger partial charge in [0.25, 0.3) is 0 Å². The molecule has 2 aromatic rings. The highest BCUT2D eigenvalue weighted by Crippen LogP contribution is 2.44. The number of nitrogens with zero attached hydrogens (tertiary/aromatic N) is 1. The van der Waals surface area contributed by atoms with E-state index in [1.165, 1.54) is 4.90 Å². The van der Waals surface area contributed by atoms with Crippen molar-refractivity contribution in [3.05, 3.63) is 59.7 Å². The van der Waals surface area contributed by atoms with E-state index >= 15 is 0 Å². The maximum atomic E-state index is 12.8. The van der Waals surface area contributed by atoms with Gasteiger partial charge in [-0.05, 0) is 60.9 Å². The number of aliphatic carboxylic acids is 1. The van der Waals surface area contributed by atoms with Crippen molar-refractivity contribution in [3.8, 4) is 11.1 Å². The molecule has 3 amide bonds. The third-order valence-electron chi connectivity index (χ3n) is 7.16. The molecule has 1 saturated heterocycles. The first kappa shape index (κ1) is 27.1. The maximum Gasteiger partial charge on any atom is 0.407 e. The van der Waals surface area contributed by atoms with E-state index in [1.807, 2.05) is 48.5 Å². The number of benzene rings is 2. The lowest BCUT2D eigenvalue weighted by Gasteiger charge is -2.25. The largest absolute Gasteiger partial charge is 0.480 e. The van der Waals surface area contributed by atoms with Gasteiger partial charge in [-0.1, -0.05) is 48.5 Å². The van der Waals surface area contributed by atoms with Crippen molar-refractivity contribution in [2.75, 3.05) is 26.2 Å². The molecular weight excluding hydrogens is 488 g/mol. The highest BCUT2D eigenvalue weighted by Gasteiger charge is 2.36. The lowest BCUT2D eigenvalue weighted by molar-refractivity contribution is -0.143. The molecular formula is C28H34N4O6. The van der Waals surface area contributed by atoms with Crippen LogP contribution >= 0.6 is 0 Å². The molecule has 0 unspecified atom stereocenters. The molecule has 2 aliphatic rings. The first-order valence-corrected chi connectivity index (χ1v) is 13.0. The summed E-state index contributed by atoms with van der Waals surface area (Å²) in [7, 11) is 0. The molecule has 5 N–H and O–H groups in total. The first-order chi connectivity index (χ1) is 18.4. The monoisotopic (exact) mass is 522 g/mol. The SMILES string of the molecule is NCCCC[C@H](NC(=O)[C@@H]1CCCN1C(=O)CNC(=O)OCC1c2ccccc2-c2ccccc21)C(=O)O. The zero-order valence-electron chi connectivity index (χ0n) is 21.2. The van der Waals surface area contributed by atoms with Crippen LogP contribution in [-0.2, 0) is 19.1 Å². The molecule has 1 heterocycles. The average Bonchev–Trinajstić information content (AvgIpc) is 3.53. The van der Waals surface area contributed by atoms with Crippen molar-refractivity contribution in [2.24, 2.45) is 5.73 Å². The van der Waals surface area contributed by atoms with Crippen LogP contribution in [0, 0.1) is 0 Å². The molecule has 0 bridgehead atoms. The zero-order chi connectivity index (χ0) is 27.1. The van der Waals surface area contributed by atoms with Crippen LogP contribution in [0.25, 0.3) is 11.1 Å². The van der Waals surface area contributed by atoms with Gasteiger partial charge in [-0.2, -0.15) is 0 Å². The number of carboxylic acids is 1. The van der Waals surface area contributed by atoms with Crippen LogP contribution in [0.1, 0.15) is 49.1 Å². The highest BCUT2D eigenvalue weighted by atomic mass is 16.5. The third-order valence-corrected chi connectivity index (χ3v) is 7.16. The number of likely N-dealkylation sites (tertiary alicyclic amines) is 1. The second-order valence-corrected chi connectivity index (χ2v) is 9.61. The fourth-order valence-electron chi connectivity index (χ4n) is 5.25. The molecule has 0 saturated carbocycles. The minimum Gasteiger partial charge on any atom is -0.480 e. The van der Waals surface area contributed by atoms with E-state index in [1.54, 1.807) is 0 Å². The summed E-state index contributed by atoms with van der Waals surface area (Å²) in [6.45, 7) is 0.610. The smallest absolute Gasteiger partial charge is 0.407 e. The number of carbonyl (C=O) groups excluding carboxylic acids is 3. The maximum absolute atomic E-state index is 12.8. The Morgan fingerprint density at radius 3 is 2.32 bits per heavy atom. The molecule has 2 aromatic carbocycles. The van der Waals surface area contributed by atoms with Crippen LogP contribution in [0.3, 0.4) is 0 Å². The lowest BCUT2D eigenvalue weighted by Crippen LogP contribution is -2.52. The number of carboxylic acid groups (broad SMARTS) is 1. The van der Waals surface area contributed by atoms with Gasteiger partial charge in [-0.25, -0.2) is 9.59 Å². The number of rotatable bonds is 11. The summed E-state index contributed by atoms with van der Waals surface area (Å²) in [5, 5.41) is 14.5. The van der Waals surface area contributed by atoms with Crippen LogP contribution in [-0.4, -0.2) is 72.2 Å². The van der Waals surface area contributed by atoms with Crippen LogP contribution < -0.4 is 16.4 Å². The van der Waals surface area contributed by atoms with Gasteiger partial charge in [-0.15, -0.1) is 0 Å². The predicted molar refractivity (Wildman–Crippen MR) is 140 cm³/mol. The number of amides is 3. The van der Waals surface area contributed by atoms with E-state index in [4.69, 9.17) is 10.5 Å². The summed E-state index contributed by atoms with van der Waals surface area (Å²) < 4.78 is 5.48. The number of fused-ring (bicyclic) bond motifs is 3. The average molecular weight is 523 g/mol. The number of carbonyl (C=O) groups is 4. The van der Waals surface area contributed by atoms with Crippen LogP contribution in [0.4, 0.5) is 4.79 Å². The molecule has 202 valence electrons. The van der Waals surface area contributed by atoms with E-state index in [0.29, 0.717) is 38.8 Å². The Labute approximate surface area is 221 Å². The Morgan fingerprint density at radius 2 is 1.68 bits per heavy atom. The first-order valence-electron chi connectivity index (χ1n) is 13.0. The fraction of sp³-hybridized carbons (Fsp3) is 0.429. The molecule has 1 aliphatic carbocycles. The number of nitrogens with one attached hydrogen (secondary N) is 2. The normalized spacial score (nSPS) is 16.9. The van der Waals surface area contributed by atoms with Gasteiger partial charge in [0, 0.05) is 12.5 Å². The topological polar surface area (TPSA) is 151 Å². The number of alkyl carbamates (subject to hydrolysis) is 1. The fourth-order valence-corrected chi connectivity index (χ4v) is 5.25. The molecule has 1 fully saturated rings. The minimum atomic E-state index is -1.12. The minimum absolute atomic E-state index is 0.0949. The molecule has 10 heteroatoms. The van der Waals surface area contributed by atoms with E-state index in [2.05, 4.69) is 10.6 Å². The summed E-state index contributed by atoms with van der Waals surface area (Å²) in [6, 6.07) is 14.2. The second kappa shape index (κ2) is 12.6. The van der Waals surface area contributed by atoms with Crippen LogP contribution in [0.5, 0.6) is 0 Å². The lowest BCUT2D eigenvalue weighted by atomic mass is 9.98. The van der Waals surface area contributed by atoms with Crippen molar-refractivity contribution in [1.29, 1.82) is 0 Å². The Bertz CT molecular complexity index is 1140. The van der Waals surface area contributed by atoms with Crippen molar-refractivity contribution in [3.63, 3.8) is 0 Å². The molecule has 38 heavy (non-hydrogen) atoms. The Morgan fingerprint density at radius 1 is 1.03 bits per heavy atom. The van der Waals surface area contributed by atoms with E-state index in [-0.39, 0.29) is 25.5 Å². The van der Waals surface area contributed by atoms with Crippen LogP contribution in [0.2, 0.25) is 0 Å². The number of hydrogen-bond donors (Lipinski definition) is 4. The van der Waals surface area contributed by atoms with Gasteiger partial charge < -0.3 is 31.1 Å². The molecule has 10 nitrogen and oxygen atoms in total. The molecule has 4 rings (SSSR count). The molecule has 2 atom stereocenters. The van der Waals surface area contributed by atoms with Crippen molar-refractivity contribution < 1.29 is 29.0 Å². The summed E-state index contributed by atoms with van der Waals surface area (Å²) >= 11 is 0. The van der Waals surface area contributed by atoms with Crippen molar-refractivity contribution in [2.45, 2.75) is 50.1 Å². The summed E-state index contributed by atoms with van der Waals surface area (Å²) in [5.41, 5.74) is 9.88. The highest BCUT2D eigenvalue weighted by molar-refractivity contribution is 5.92. The molecule has 0 spiro atoms. The van der Waals surface area contributed by atoms with Gasteiger partial charge in [0.05, 0.1) is 0 Å². The van der Waals surface area contributed by atoms with Gasteiger partial charge in [-0.3, -0.25) is 9.59 Å². The Hall–Kier alpha value is -3.92. The second-order valence-electron chi connectivity index (χ2n) is 9.61. The Kier molecular flexibility index (Phi) is 8.96. The van der Waals surface area contributed by atoms with Crippen molar-refractivity contribution >= 4 is 23.9 Å². The number of nitrogens with two attached hydrogens (primary N) is 1. The Balaban J connectivity index is 1.28. The number of unbranched alkanes of at least 4 members (excludes halogenated alkanes) is 1. The summed E-state index contributed by atoms with van der Waals surface area (Å²) in [6.07, 6.45) is 1.83. The van der Waals surface area contributed by atoms with Gasteiger partial charge in [0.2, 0.25) is 11.8 Å². The van der Waals surface area contributed by atoms with Gasteiger partial charge in [0.1, 0.15) is 25.2 Å². The van der Waals surface area contributed by atoms with Gasteiger partial charge in [0.15, 0.2) is 0 Å². The van der Waals surface area contributed by atoms with E-state index < -0.39 is 36.0 Å². The van der Waals surface area contributed by atoms with Crippen molar-refractivity contribution in [1.82, 2.24) is 15.5 Å². The summed E-state index contributed by atoms with van der Waals surface area (Å²) in [5.74, 6) is -2.14. The predicted octanol–water partition coefficient (Wildman–Crippen LogP) is 2.21. The van der Waals surface area contributed by atoms with Crippen LogP contribution in [0.15, 0.2) is 48.5 Å². The number of ether oxygens (including phenoxy) is 1. The number of hydrogen-bond acceptors (Lipinski definition) is 6. The molecule has 0 aromatic heterocycles. The van der Waals surface area contributed by atoms with E-state index in [9.17, 15) is 24.3 Å². The quantitative estimate of drug-likeness (QED) is 0.330. The molecule has 1 aliphatic heterocycles. The zero-order valence-corrected chi connectivity index (χ0v) is 21.2. The third kappa shape index (κ3) is 6.13. The summed E-state index contributed by atoms with van der Waals surface area (Å²) in [4.78, 5) is 51.0. The van der Waals surface area contributed by atoms with E-state index in [0.717, 1.165) is 22.3 Å².